The van der Waals surface area contributed by atoms with Crippen LogP contribution in [0.3, 0.4) is 0 Å². The van der Waals surface area contributed by atoms with E-state index in [1.807, 2.05) is 11.8 Å². The lowest BCUT2D eigenvalue weighted by atomic mass is 10.1. The SMILES string of the molecule is CCCCC1NC(C(C)C)N(C2CCCC2SC)C1=O. The van der Waals surface area contributed by atoms with Crippen molar-refractivity contribution in [3.8, 4) is 0 Å². The molecule has 0 aromatic carbocycles. The molecule has 1 saturated heterocycles. The summed E-state index contributed by atoms with van der Waals surface area (Å²) in [5.41, 5.74) is 0. The Bertz CT molecular complexity index is 334. The molecule has 1 N–H and O–H groups in total. The van der Waals surface area contributed by atoms with Gasteiger partial charge in [0.25, 0.3) is 0 Å². The first-order valence-corrected chi connectivity index (χ1v) is 9.50. The topological polar surface area (TPSA) is 32.3 Å². The number of hydrogen-bond acceptors (Lipinski definition) is 3. The first-order valence-electron chi connectivity index (χ1n) is 8.21. The van der Waals surface area contributed by atoms with E-state index in [4.69, 9.17) is 0 Å². The third kappa shape index (κ3) is 3.16. The zero-order valence-corrected chi connectivity index (χ0v) is 14.2. The predicted molar refractivity (Wildman–Crippen MR) is 86.9 cm³/mol. The normalized spacial score (nSPS) is 34.5. The van der Waals surface area contributed by atoms with Crippen LogP contribution in [-0.4, -0.2) is 40.6 Å². The summed E-state index contributed by atoms with van der Waals surface area (Å²) in [5.74, 6) is 0.844. The van der Waals surface area contributed by atoms with E-state index >= 15 is 0 Å². The van der Waals surface area contributed by atoms with Crippen LogP contribution in [0.1, 0.15) is 59.3 Å². The molecule has 1 aliphatic heterocycles. The van der Waals surface area contributed by atoms with Gasteiger partial charge >= 0.3 is 0 Å². The van der Waals surface area contributed by atoms with Crippen molar-refractivity contribution in [3.05, 3.63) is 0 Å². The number of carbonyl (C=O) groups excluding carboxylic acids is 1. The second-order valence-corrected chi connectivity index (χ2v) is 7.65. The van der Waals surface area contributed by atoms with E-state index in [1.54, 1.807) is 0 Å². The van der Waals surface area contributed by atoms with Crippen LogP contribution < -0.4 is 5.32 Å². The third-order valence-corrected chi connectivity index (χ3v) is 5.94. The monoisotopic (exact) mass is 298 g/mol. The van der Waals surface area contributed by atoms with Gasteiger partial charge in [-0.15, -0.1) is 0 Å². The minimum Gasteiger partial charge on any atom is -0.321 e. The van der Waals surface area contributed by atoms with Crippen molar-refractivity contribution >= 4 is 17.7 Å². The predicted octanol–water partition coefficient (Wildman–Crippen LogP) is 3.24. The highest BCUT2D eigenvalue weighted by Gasteiger charge is 2.46. The van der Waals surface area contributed by atoms with Crippen LogP contribution in [0.4, 0.5) is 0 Å². The molecule has 1 amide bonds. The second-order valence-electron chi connectivity index (χ2n) is 6.57. The van der Waals surface area contributed by atoms with Gasteiger partial charge in [-0.3, -0.25) is 10.1 Å². The minimum absolute atomic E-state index is 0.0606. The first-order chi connectivity index (χ1) is 9.60. The van der Waals surface area contributed by atoms with E-state index < -0.39 is 0 Å². The summed E-state index contributed by atoms with van der Waals surface area (Å²) in [4.78, 5) is 15.1. The van der Waals surface area contributed by atoms with Crippen LogP contribution in [0, 0.1) is 5.92 Å². The number of carbonyl (C=O) groups is 1. The maximum absolute atomic E-state index is 12.8. The molecule has 1 saturated carbocycles. The Morgan fingerprint density at radius 2 is 2.15 bits per heavy atom. The van der Waals surface area contributed by atoms with Gasteiger partial charge in [-0.05, 0) is 31.4 Å². The largest absolute Gasteiger partial charge is 0.321 e. The number of nitrogens with one attached hydrogen (secondary N) is 1. The van der Waals surface area contributed by atoms with Gasteiger partial charge < -0.3 is 4.90 Å². The highest BCUT2D eigenvalue weighted by molar-refractivity contribution is 7.99. The molecule has 0 aromatic rings. The molecule has 1 aliphatic carbocycles. The zero-order chi connectivity index (χ0) is 14.7. The summed E-state index contributed by atoms with van der Waals surface area (Å²) in [7, 11) is 0. The Morgan fingerprint density at radius 3 is 2.75 bits per heavy atom. The molecular formula is C16H30N2OS. The molecule has 2 fully saturated rings. The number of thioether (sulfide) groups is 1. The van der Waals surface area contributed by atoms with Crippen LogP contribution in [-0.2, 0) is 4.79 Å². The van der Waals surface area contributed by atoms with Crippen molar-refractivity contribution in [1.82, 2.24) is 10.2 Å². The van der Waals surface area contributed by atoms with Gasteiger partial charge in [-0.25, -0.2) is 0 Å². The fourth-order valence-electron chi connectivity index (χ4n) is 3.67. The van der Waals surface area contributed by atoms with E-state index in [2.05, 4.69) is 37.2 Å². The Kier molecular flexibility index (Phi) is 5.79. The molecule has 0 spiro atoms. The Hall–Kier alpha value is -0.220. The molecule has 2 aliphatic rings. The van der Waals surface area contributed by atoms with E-state index in [-0.39, 0.29) is 12.2 Å². The molecule has 2 rings (SSSR count). The van der Waals surface area contributed by atoms with Crippen LogP contribution in [0.2, 0.25) is 0 Å². The number of amides is 1. The smallest absolute Gasteiger partial charge is 0.241 e. The van der Waals surface area contributed by atoms with Gasteiger partial charge in [0.05, 0.1) is 12.2 Å². The van der Waals surface area contributed by atoms with Crippen molar-refractivity contribution in [2.24, 2.45) is 5.92 Å². The molecule has 0 aromatic heterocycles. The molecule has 4 atom stereocenters. The Morgan fingerprint density at radius 1 is 1.40 bits per heavy atom. The lowest BCUT2D eigenvalue weighted by molar-refractivity contribution is -0.132. The van der Waals surface area contributed by atoms with Crippen LogP contribution in [0.5, 0.6) is 0 Å². The highest BCUT2D eigenvalue weighted by Crippen LogP contribution is 2.36. The van der Waals surface area contributed by atoms with Crippen LogP contribution >= 0.6 is 11.8 Å². The molecule has 3 nitrogen and oxygen atoms in total. The van der Waals surface area contributed by atoms with Crippen molar-refractivity contribution in [2.75, 3.05) is 6.26 Å². The van der Waals surface area contributed by atoms with Crippen LogP contribution in [0.15, 0.2) is 0 Å². The first kappa shape index (κ1) is 16.2. The molecule has 0 bridgehead atoms. The van der Waals surface area contributed by atoms with Gasteiger partial charge in [-0.1, -0.05) is 40.0 Å². The molecule has 20 heavy (non-hydrogen) atoms. The van der Waals surface area contributed by atoms with Crippen molar-refractivity contribution in [2.45, 2.75) is 82.8 Å². The zero-order valence-electron chi connectivity index (χ0n) is 13.4. The molecule has 1 heterocycles. The van der Waals surface area contributed by atoms with Gasteiger partial charge in [0.2, 0.25) is 5.91 Å². The van der Waals surface area contributed by atoms with E-state index in [1.165, 1.54) is 19.3 Å². The minimum atomic E-state index is 0.0606. The second kappa shape index (κ2) is 7.17. The lowest BCUT2D eigenvalue weighted by Gasteiger charge is -2.35. The van der Waals surface area contributed by atoms with Crippen molar-refractivity contribution in [1.29, 1.82) is 0 Å². The van der Waals surface area contributed by atoms with Gasteiger partial charge in [0.15, 0.2) is 0 Å². The fraction of sp³-hybridized carbons (Fsp3) is 0.938. The average molecular weight is 298 g/mol. The average Bonchev–Trinajstić information content (AvgIpc) is 3.00. The maximum Gasteiger partial charge on any atom is 0.241 e. The summed E-state index contributed by atoms with van der Waals surface area (Å²) < 4.78 is 0. The molecule has 116 valence electrons. The van der Waals surface area contributed by atoms with Gasteiger partial charge in [0, 0.05) is 11.3 Å². The number of hydrogen-bond donors (Lipinski definition) is 1. The highest BCUT2D eigenvalue weighted by atomic mass is 32.2. The van der Waals surface area contributed by atoms with E-state index in [9.17, 15) is 4.79 Å². The van der Waals surface area contributed by atoms with Gasteiger partial charge in [0.1, 0.15) is 0 Å². The third-order valence-electron chi connectivity index (χ3n) is 4.78. The lowest BCUT2D eigenvalue weighted by Crippen LogP contribution is -2.49. The van der Waals surface area contributed by atoms with Gasteiger partial charge in [-0.2, -0.15) is 11.8 Å². The van der Waals surface area contributed by atoms with Crippen LogP contribution in [0.25, 0.3) is 0 Å². The molecule has 4 unspecified atom stereocenters. The molecule has 0 radical (unpaired) electrons. The number of nitrogens with zero attached hydrogens (tertiary/aromatic N) is 1. The quantitative estimate of drug-likeness (QED) is 0.817. The Balaban J connectivity index is 2.13. The fourth-order valence-corrected chi connectivity index (χ4v) is 4.66. The summed E-state index contributed by atoms with van der Waals surface area (Å²) in [6.45, 7) is 6.64. The number of rotatable bonds is 6. The van der Waals surface area contributed by atoms with E-state index in [0.29, 0.717) is 23.1 Å². The maximum atomic E-state index is 12.8. The standard InChI is InChI=1S/C16H30N2OS/c1-5-6-8-12-16(19)18(15(17-12)11(2)3)13-9-7-10-14(13)20-4/h11-15,17H,5-10H2,1-4H3. The van der Waals surface area contributed by atoms with E-state index in [0.717, 1.165) is 19.3 Å². The molecular weight excluding hydrogens is 268 g/mol. The van der Waals surface area contributed by atoms with Crippen molar-refractivity contribution in [3.63, 3.8) is 0 Å². The molecule has 4 heteroatoms. The number of unbranched alkanes of at least 4 members (excludes halogenated alkanes) is 1. The Labute approximate surface area is 128 Å². The summed E-state index contributed by atoms with van der Waals surface area (Å²) in [5, 5.41) is 4.25. The summed E-state index contributed by atoms with van der Waals surface area (Å²) >= 11 is 1.94. The van der Waals surface area contributed by atoms with Crippen molar-refractivity contribution < 1.29 is 4.79 Å². The summed E-state index contributed by atoms with van der Waals surface area (Å²) in [6, 6.07) is 0.509. The summed E-state index contributed by atoms with van der Waals surface area (Å²) in [6.07, 6.45) is 9.43.